The monoisotopic (exact) mass is 219 g/mol. The first-order valence-corrected chi connectivity index (χ1v) is 6.25. The van der Waals surface area contributed by atoms with Crippen molar-refractivity contribution in [2.75, 3.05) is 13.7 Å². The van der Waals surface area contributed by atoms with Gasteiger partial charge in [-0.15, -0.1) is 0 Å². The van der Waals surface area contributed by atoms with Crippen LogP contribution in [0.5, 0.6) is 5.75 Å². The summed E-state index contributed by atoms with van der Waals surface area (Å²) in [6.45, 7) is 3.35. The molecule has 1 aromatic carbocycles. The van der Waals surface area contributed by atoms with Crippen LogP contribution in [0.15, 0.2) is 18.2 Å². The van der Waals surface area contributed by atoms with E-state index in [0.29, 0.717) is 6.04 Å². The van der Waals surface area contributed by atoms with Gasteiger partial charge in [0.1, 0.15) is 5.75 Å². The lowest BCUT2D eigenvalue weighted by molar-refractivity contribution is 0.413. The molecule has 0 amide bonds. The third kappa shape index (κ3) is 2.38. The van der Waals surface area contributed by atoms with E-state index in [4.69, 9.17) is 4.74 Å². The second-order valence-electron chi connectivity index (χ2n) is 4.46. The first kappa shape index (κ1) is 11.5. The number of unbranched alkanes of at least 4 members (excludes halogenated alkanes) is 1. The van der Waals surface area contributed by atoms with E-state index in [9.17, 15) is 0 Å². The van der Waals surface area contributed by atoms with E-state index in [1.165, 1.54) is 36.8 Å². The molecule has 1 aliphatic carbocycles. The number of hydrogen-bond donors (Lipinski definition) is 1. The summed E-state index contributed by atoms with van der Waals surface area (Å²) in [5.41, 5.74) is 2.92. The van der Waals surface area contributed by atoms with Crippen LogP contribution in [0.1, 0.15) is 43.4 Å². The molecule has 1 unspecified atom stereocenters. The molecular formula is C14H21NO. The highest BCUT2D eigenvalue weighted by molar-refractivity contribution is 5.40. The molecule has 1 N–H and O–H groups in total. The van der Waals surface area contributed by atoms with E-state index >= 15 is 0 Å². The molecule has 0 bridgehead atoms. The topological polar surface area (TPSA) is 21.3 Å². The highest BCUT2D eigenvalue weighted by Crippen LogP contribution is 2.33. The van der Waals surface area contributed by atoms with Crippen molar-refractivity contribution in [3.63, 3.8) is 0 Å². The van der Waals surface area contributed by atoms with Crippen molar-refractivity contribution in [1.82, 2.24) is 5.32 Å². The maximum atomic E-state index is 5.29. The molecule has 2 nitrogen and oxygen atoms in total. The average Bonchev–Trinajstić information content (AvgIpc) is 2.72. The number of nitrogens with one attached hydrogen (secondary N) is 1. The van der Waals surface area contributed by atoms with Gasteiger partial charge in [0, 0.05) is 6.04 Å². The van der Waals surface area contributed by atoms with Crippen molar-refractivity contribution < 1.29 is 4.74 Å². The summed E-state index contributed by atoms with van der Waals surface area (Å²) in [6, 6.07) is 6.99. The molecule has 2 rings (SSSR count). The quantitative estimate of drug-likeness (QED) is 0.768. The molecule has 1 aliphatic rings. The van der Waals surface area contributed by atoms with E-state index in [1.807, 2.05) is 0 Å². The normalized spacial score (nSPS) is 18.5. The van der Waals surface area contributed by atoms with Crippen molar-refractivity contribution in [3.05, 3.63) is 29.3 Å². The average molecular weight is 219 g/mol. The van der Waals surface area contributed by atoms with Crippen LogP contribution in [0.4, 0.5) is 0 Å². The predicted molar refractivity (Wildman–Crippen MR) is 67.0 cm³/mol. The zero-order valence-electron chi connectivity index (χ0n) is 10.3. The van der Waals surface area contributed by atoms with Crippen LogP contribution in [-0.4, -0.2) is 13.7 Å². The summed E-state index contributed by atoms with van der Waals surface area (Å²) in [4.78, 5) is 0. The van der Waals surface area contributed by atoms with Crippen LogP contribution in [0, 0.1) is 0 Å². The van der Waals surface area contributed by atoms with Gasteiger partial charge in [-0.1, -0.05) is 19.4 Å². The first-order chi connectivity index (χ1) is 7.85. The third-order valence-corrected chi connectivity index (χ3v) is 3.35. The van der Waals surface area contributed by atoms with Gasteiger partial charge >= 0.3 is 0 Å². The fourth-order valence-corrected chi connectivity index (χ4v) is 2.37. The second kappa shape index (κ2) is 5.35. The van der Waals surface area contributed by atoms with Gasteiger partial charge in [0.15, 0.2) is 0 Å². The minimum Gasteiger partial charge on any atom is -0.497 e. The SMILES string of the molecule is CCCCNC1CCc2ccc(OC)cc21. The summed E-state index contributed by atoms with van der Waals surface area (Å²) in [5, 5.41) is 3.63. The number of hydrogen-bond acceptors (Lipinski definition) is 2. The molecule has 0 heterocycles. The molecule has 0 aliphatic heterocycles. The number of rotatable bonds is 5. The zero-order chi connectivity index (χ0) is 11.4. The van der Waals surface area contributed by atoms with Crippen molar-refractivity contribution in [3.8, 4) is 5.75 Å². The first-order valence-electron chi connectivity index (χ1n) is 6.25. The smallest absolute Gasteiger partial charge is 0.119 e. The summed E-state index contributed by atoms with van der Waals surface area (Å²) < 4.78 is 5.29. The van der Waals surface area contributed by atoms with Gasteiger partial charge in [-0.2, -0.15) is 0 Å². The largest absolute Gasteiger partial charge is 0.497 e. The van der Waals surface area contributed by atoms with Crippen molar-refractivity contribution in [2.24, 2.45) is 0 Å². The number of ether oxygens (including phenoxy) is 1. The minimum atomic E-state index is 0.539. The molecule has 2 heteroatoms. The standard InChI is InChI=1S/C14H21NO/c1-3-4-9-15-14-8-6-11-5-7-12(16-2)10-13(11)14/h5,7,10,14-15H,3-4,6,8-9H2,1-2H3. The molecule has 0 spiro atoms. The molecule has 0 saturated heterocycles. The molecule has 0 saturated carbocycles. The Balaban J connectivity index is 2.05. The lowest BCUT2D eigenvalue weighted by Crippen LogP contribution is -2.20. The predicted octanol–water partition coefficient (Wildman–Crippen LogP) is 3.07. The number of aryl methyl sites for hydroxylation is 1. The fourth-order valence-electron chi connectivity index (χ4n) is 2.37. The van der Waals surface area contributed by atoms with E-state index < -0.39 is 0 Å². The summed E-state index contributed by atoms with van der Waals surface area (Å²) in [6.07, 6.45) is 4.94. The summed E-state index contributed by atoms with van der Waals surface area (Å²) >= 11 is 0. The number of fused-ring (bicyclic) bond motifs is 1. The van der Waals surface area contributed by atoms with Crippen molar-refractivity contribution >= 4 is 0 Å². The maximum absolute atomic E-state index is 5.29. The lowest BCUT2D eigenvalue weighted by atomic mass is 10.1. The highest BCUT2D eigenvalue weighted by Gasteiger charge is 2.21. The van der Waals surface area contributed by atoms with E-state index in [2.05, 4.69) is 30.4 Å². The molecule has 0 radical (unpaired) electrons. The second-order valence-corrected chi connectivity index (χ2v) is 4.46. The van der Waals surface area contributed by atoms with Gasteiger partial charge in [-0.25, -0.2) is 0 Å². The highest BCUT2D eigenvalue weighted by atomic mass is 16.5. The van der Waals surface area contributed by atoms with Crippen LogP contribution in [-0.2, 0) is 6.42 Å². The Morgan fingerprint density at radius 3 is 3.06 bits per heavy atom. The Hall–Kier alpha value is -1.02. The Morgan fingerprint density at radius 1 is 1.44 bits per heavy atom. The number of methoxy groups -OCH3 is 1. The Bertz CT molecular complexity index is 349. The summed E-state index contributed by atoms with van der Waals surface area (Å²) in [5.74, 6) is 0.975. The molecule has 1 atom stereocenters. The fraction of sp³-hybridized carbons (Fsp3) is 0.571. The summed E-state index contributed by atoms with van der Waals surface area (Å²) in [7, 11) is 1.73. The Morgan fingerprint density at radius 2 is 2.31 bits per heavy atom. The van der Waals surface area contributed by atoms with E-state index in [0.717, 1.165) is 12.3 Å². The lowest BCUT2D eigenvalue weighted by Gasteiger charge is -2.14. The van der Waals surface area contributed by atoms with Gasteiger partial charge in [-0.3, -0.25) is 0 Å². The molecule has 1 aromatic rings. The molecule has 88 valence electrons. The van der Waals surface area contributed by atoms with Crippen molar-refractivity contribution in [2.45, 2.75) is 38.6 Å². The Kier molecular flexibility index (Phi) is 3.83. The third-order valence-electron chi connectivity index (χ3n) is 3.35. The van der Waals surface area contributed by atoms with Crippen LogP contribution >= 0.6 is 0 Å². The van der Waals surface area contributed by atoms with Crippen LogP contribution in [0.25, 0.3) is 0 Å². The molecule has 16 heavy (non-hydrogen) atoms. The number of benzene rings is 1. The molecule has 0 aromatic heterocycles. The zero-order valence-corrected chi connectivity index (χ0v) is 10.3. The van der Waals surface area contributed by atoms with Gasteiger partial charge in [0.2, 0.25) is 0 Å². The van der Waals surface area contributed by atoms with Gasteiger partial charge in [0.05, 0.1) is 7.11 Å². The Labute approximate surface area is 98.0 Å². The van der Waals surface area contributed by atoms with E-state index in [-0.39, 0.29) is 0 Å². The van der Waals surface area contributed by atoms with Crippen LogP contribution < -0.4 is 10.1 Å². The van der Waals surface area contributed by atoms with Gasteiger partial charge < -0.3 is 10.1 Å². The van der Waals surface area contributed by atoms with Gasteiger partial charge in [0.25, 0.3) is 0 Å². The van der Waals surface area contributed by atoms with Crippen molar-refractivity contribution in [1.29, 1.82) is 0 Å². The van der Waals surface area contributed by atoms with Crippen LogP contribution in [0.2, 0.25) is 0 Å². The maximum Gasteiger partial charge on any atom is 0.119 e. The van der Waals surface area contributed by atoms with E-state index in [1.54, 1.807) is 7.11 Å². The minimum absolute atomic E-state index is 0.539. The molecule has 0 fully saturated rings. The van der Waals surface area contributed by atoms with Gasteiger partial charge in [-0.05, 0) is 49.1 Å². The molecular weight excluding hydrogens is 198 g/mol. The van der Waals surface area contributed by atoms with Crippen LogP contribution in [0.3, 0.4) is 0 Å².